The number of rotatable bonds is 5. The molecule has 4 nitrogen and oxygen atoms in total. The molecule has 0 aromatic carbocycles. The molecule has 1 heterocycles. The molecule has 2 rings (SSSR count). The summed E-state index contributed by atoms with van der Waals surface area (Å²) >= 11 is 0. The van der Waals surface area contributed by atoms with Gasteiger partial charge < -0.3 is 10.5 Å². The predicted molar refractivity (Wildman–Crippen MR) is 59.8 cm³/mol. The van der Waals surface area contributed by atoms with E-state index in [4.69, 9.17) is 10.5 Å². The third-order valence-corrected chi connectivity index (χ3v) is 2.72. The van der Waals surface area contributed by atoms with Crippen LogP contribution in [0.4, 0.5) is 0 Å². The second kappa shape index (κ2) is 5.07. The SMILES string of the molecule is NCc1cc(C(=O)OCCC2CC2)ccn1. The lowest BCUT2D eigenvalue weighted by atomic mass is 10.2. The van der Waals surface area contributed by atoms with E-state index >= 15 is 0 Å². The monoisotopic (exact) mass is 220 g/mol. The van der Waals surface area contributed by atoms with Gasteiger partial charge in [0.05, 0.1) is 17.9 Å². The minimum absolute atomic E-state index is 0.280. The van der Waals surface area contributed by atoms with Crippen molar-refractivity contribution in [2.75, 3.05) is 6.61 Å². The Morgan fingerprint density at radius 3 is 3.06 bits per heavy atom. The van der Waals surface area contributed by atoms with Crippen LogP contribution in [-0.4, -0.2) is 17.6 Å². The molecule has 1 aromatic heterocycles. The normalized spacial score (nSPS) is 14.8. The molecule has 0 saturated heterocycles. The van der Waals surface area contributed by atoms with E-state index in [-0.39, 0.29) is 5.97 Å². The first-order valence-electron chi connectivity index (χ1n) is 5.61. The Hall–Kier alpha value is -1.42. The van der Waals surface area contributed by atoms with Crippen molar-refractivity contribution in [1.82, 2.24) is 4.98 Å². The van der Waals surface area contributed by atoms with Gasteiger partial charge in [-0.1, -0.05) is 12.8 Å². The summed E-state index contributed by atoms with van der Waals surface area (Å²) in [4.78, 5) is 15.6. The van der Waals surface area contributed by atoms with Crippen molar-refractivity contribution < 1.29 is 9.53 Å². The Morgan fingerprint density at radius 2 is 2.38 bits per heavy atom. The molecule has 86 valence electrons. The summed E-state index contributed by atoms with van der Waals surface area (Å²) in [7, 11) is 0. The van der Waals surface area contributed by atoms with E-state index in [0.717, 1.165) is 12.3 Å². The van der Waals surface area contributed by atoms with Crippen molar-refractivity contribution in [3.05, 3.63) is 29.6 Å². The summed E-state index contributed by atoms with van der Waals surface area (Å²) in [6, 6.07) is 3.33. The van der Waals surface area contributed by atoms with Crippen LogP contribution in [-0.2, 0) is 11.3 Å². The molecule has 2 N–H and O–H groups in total. The van der Waals surface area contributed by atoms with Gasteiger partial charge in [-0.25, -0.2) is 4.79 Å². The second-order valence-electron chi connectivity index (χ2n) is 4.11. The maximum Gasteiger partial charge on any atom is 0.338 e. The highest BCUT2D eigenvalue weighted by Gasteiger charge is 2.21. The fourth-order valence-corrected chi connectivity index (χ4v) is 1.52. The summed E-state index contributed by atoms with van der Waals surface area (Å²) in [6.45, 7) is 0.854. The van der Waals surface area contributed by atoms with E-state index in [1.807, 2.05) is 0 Å². The molecule has 0 aliphatic heterocycles. The first-order chi connectivity index (χ1) is 7.79. The third-order valence-electron chi connectivity index (χ3n) is 2.72. The molecular formula is C12H16N2O2. The Balaban J connectivity index is 1.86. The first kappa shape index (κ1) is 11.1. The van der Waals surface area contributed by atoms with Crippen molar-refractivity contribution in [3.63, 3.8) is 0 Å². The van der Waals surface area contributed by atoms with Crippen LogP contribution >= 0.6 is 0 Å². The van der Waals surface area contributed by atoms with E-state index < -0.39 is 0 Å². The quantitative estimate of drug-likeness (QED) is 0.764. The number of carbonyl (C=O) groups excluding carboxylic acids is 1. The predicted octanol–water partition coefficient (Wildman–Crippen LogP) is 1.50. The fourth-order valence-electron chi connectivity index (χ4n) is 1.52. The van der Waals surface area contributed by atoms with Gasteiger partial charge in [-0.15, -0.1) is 0 Å². The molecule has 4 heteroatoms. The van der Waals surface area contributed by atoms with Crippen molar-refractivity contribution in [2.24, 2.45) is 11.7 Å². The number of nitrogens with zero attached hydrogens (tertiary/aromatic N) is 1. The van der Waals surface area contributed by atoms with Crippen LogP contribution in [0.2, 0.25) is 0 Å². The average molecular weight is 220 g/mol. The molecule has 1 aliphatic carbocycles. The van der Waals surface area contributed by atoms with E-state index in [1.54, 1.807) is 18.3 Å². The molecule has 0 atom stereocenters. The van der Waals surface area contributed by atoms with Gasteiger partial charge in [-0.3, -0.25) is 4.98 Å². The van der Waals surface area contributed by atoms with Crippen LogP contribution in [0.5, 0.6) is 0 Å². The zero-order valence-corrected chi connectivity index (χ0v) is 9.19. The van der Waals surface area contributed by atoms with Gasteiger partial charge in [-0.05, 0) is 24.5 Å². The van der Waals surface area contributed by atoms with E-state index in [0.29, 0.717) is 24.4 Å². The average Bonchev–Trinajstić information content (AvgIpc) is 3.13. The number of hydrogen-bond acceptors (Lipinski definition) is 4. The molecule has 0 radical (unpaired) electrons. The summed E-state index contributed by atoms with van der Waals surface area (Å²) in [5, 5.41) is 0. The van der Waals surface area contributed by atoms with Gasteiger partial charge in [0, 0.05) is 12.7 Å². The maximum absolute atomic E-state index is 11.6. The highest BCUT2D eigenvalue weighted by molar-refractivity contribution is 5.89. The van der Waals surface area contributed by atoms with Crippen LogP contribution in [0.15, 0.2) is 18.3 Å². The second-order valence-corrected chi connectivity index (χ2v) is 4.11. The van der Waals surface area contributed by atoms with Crippen LogP contribution in [0.1, 0.15) is 35.3 Å². The number of esters is 1. The summed E-state index contributed by atoms with van der Waals surface area (Å²) < 4.78 is 5.17. The van der Waals surface area contributed by atoms with Gasteiger partial charge >= 0.3 is 5.97 Å². The Labute approximate surface area is 94.8 Å². The van der Waals surface area contributed by atoms with Gasteiger partial charge in [-0.2, -0.15) is 0 Å². The van der Waals surface area contributed by atoms with Crippen LogP contribution in [0, 0.1) is 5.92 Å². The summed E-state index contributed by atoms with van der Waals surface area (Å²) in [5.41, 5.74) is 6.69. The van der Waals surface area contributed by atoms with Gasteiger partial charge in [0.25, 0.3) is 0 Å². The van der Waals surface area contributed by atoms with Gasteiger partial charge in [0.2, 0.25) is 0 Å². The molecular weight excluding hydrogens is 204 g/mol. The lowest BCUT2D eigenvalue weighted by Crippen LogP contribution is -2.09. The van der Waals surface area contributed by atoms with Gasteiger partial charge in [0.15, 0.2) is 0 Å². The van der Waals surface area contributed by atoms with Gasteiger partial charge in [0.1, 0.15) is 0 Å². The highest BCUT2D eigenvalue weighted by atomic mass is 16.5. The zero-order chi connectivity index (χ0) is 11.4. The standard InChI is InChI=1S/C12H16N2O2/c13-8-11-7-10(3-5-14-11)12(15)16-6-4-9-1-2-9/h3,5,7,9H,1-2,4,6,8,13H2. The molecule has 0 unspecified atom stereocenters. The number of carbonyl (C=O) groups is 1. The molecule has 0 bridgehead atoms. The van der Waals surface area contributed by atoms with E-state index in [2.05, 4.69) is 4.98 Å². The molecule has 0 amide bonds. The number of ether oxygens (including phenoxy) is 1. The molecule has 16 heavy (non-hydrogen) atoms. The lowest BCUT2D eigenvalue weighted by molar-refractivity contribution is 0.0494. The van der Waals surface area contributed by atoms with Crippen molar-refractivity contribution in [2.45, 2.75) is 25.8 Å². The largest absolute Gasteiger partial charge is 0.462 e. The van der Waals surface area contributed by atoms with Crippen LogP contribution in [0.3, 0.4) is 0 Å². The number of aromatic nitrogens is 1. The van der Waals surface area contributed by atoms with Crippen molar-refractivity contribution in [3.8, 4) is 0 Å². The van der Waals surface area contributed by atoms with Crippen LogP contribution in [0.25, 0.3) is 0 Å². The Bertz CT molecular complexity index is 375. The Morgan fingerprint density at radius 1 is 1.56 bits per heavy atom. The minimum Gasteiger partial charge on any atom is -0.462 e. The third kappa shape index (κ3) is 3.03. The minimum atomic E-state index is -0.280. The maximum atomic E-state index is 11.6. The zero-order valence-electron chi connectivity index (χ0n) is 9.19. The lowest BCUT2D eigenvalue weighted by Gasteiger charge is -2.04. The fraction of sp³-hybridized carbons (Fsp3) is 0.500. The first-order valence-corrected chi connectivity index (χ1v) is 5.61. The molecule has 1 saturated carbocycles. The molecule has 0 spiro atoms. The van der Waals surface area contributed by atoms with Crippen molar-refractivity contribution >= 4 is 5.97 Å². The van der Waals surface area contributed by atoms with E-state index in [9.17, 15) is 4.79 Å². The highest BCUT2D eigenvalue weighted by Crippen LogP contribution is 2.32. The molecule has 1 aromatic rings. The summed E-state index contributed by atoms with van der Waals surface area (Å²) in [5.74, 6) is 0.502. The van der Waals surface area contributed by atoms with Crippen LogP contribution < -0.4 is 5.73 Å². The number of pyridine rings is 1. The van der Waals surface area contributed by atoms with E-state index in [1.165, 1.54) is 12.8 Å². The Kier molecular flexibility index (Phi) is 3.51. The molecule has 1 fully saturated rings. The smallest absolute Gasteiger partial charge is 0.338 e. The molecule has 1 aliphatic rings. The summed E-state index contributed by atoms with van der Waals surface area (Å²) in [6.07, 6.45) is 5.13. The van der Waals surface area contributed by atoms with Crippen molar-refractivity contribution in [1.29, 1.82) is 0 Å². The number of nitrogens with two attached hydrogens (primary N) is 1. The topological polar surface area (TPSA) is 65.2 Å². The number of hydrogen-bond donors (Lipinski definition) is 1.